The summed E-state index contributed by atoms with van der Waals surface area (Å²) in [6.07, 6.45) is 0. The number of hydrogen-bond acceptors (Lipinski definition) is 2. The molecule has 0 saturated carbocycles. The molecule has 1 fully saturated rings. The van der Waals surface area contributed by atoms with Gasteiger partial charge in [0.05, 0.1) is 0 Å². The molecule has 100 valence electrons. The molecule has 1 aliphatic heterocycles. The van der Waals surface area contributed by atoms with Crippen molar-refractivity contribution in [1.82, 2.24) is 4.90 Å². The first-order chi connectivity index (χ1) is 8.61. The van der Waals surface area contributed by atoms with Gasteiger partial charge in [-0.05, 0) is 30.2 Å². The van der Waals surface area contributed by atoms with E-state index >= 15 is 0 Å². The van der Waals surface area contributed by atoms with Gasteiger partial charge in [0.15, 0.2) is 0 Å². The van der Waals surface area contributed by atoms with E-state index in [2.05, 4.69) is 22.8 Å². The largest absolute Gasteiger partial charge is 0.369 e. The topological polar surface area (TPSA) is 6.48 Å². The van der Waals surface area contributed by atoms with E-state index in [0.29, 0.717) is 0 Å². The molecule has 0 aliphatic carbocycles. The van der Waals surface area contributed by atoms with Crippen molar-refractivity contribution >= 4 is 5.69 Å². The maximum absolute atomic E-state index is 14.0. The van der Waals surface area contributed by atoms with Crippen molar-refractivity contribution in [2.24, 2.45) is 0 Å². The predicted octanol–water partition coefficient (Wildman–Crippen LogP) is 3.09. The maximum Gasteiger partial charge on any atom is 0.128 e. The number of nitrogens with zero attached hydrogens (tertiary/aromatic N) is 2. The Morgan fingerprint density at radius 1 is 1.17 bits per heavy atom. The van der Waals surface area contributed by atoms with Crippen molar-refractivity contribution in [2.75, 3.05) is 37.6 Å². The molecule has 0 aromatic heterocycles. The summed E-state index contributed by atoms with van der Waals surface area (Å²) in [6, 6.07) is 5.68. The highest BCUT2D eigenvalue weighted by Gasteiger charge is 2.17. The number of anilines is 1. The van der Waals surface area contributed by atoms with Gasteiger partial charge in [-0.3, -0.25) is 0 Å². The summed E-state index contributed by atoms with van der Waals surface area (Å²) in [5, 5.41) is 0. The second-order valence-corrected chi connectivity index (χ2v) is 5.28. The van der Waals surface area contributed by atoms with E-state index in [1.807, 2.05) is 19.9 Å². The van der Waals surface area contributed by atoms with Crippen molar-refractivity contribution in [2.45, 2.75) is 26.7 Å². The van der Waals surface area contributed by atoms with Crippen molar-refractivity contribution in [3.05, 3.63) is 29.6 Å². The lowest BCUT2D eigenvalue weighted by Gasteiger charge is -2.35. The SMILES string of the molecule is CCN1CCN(c2ccc(C(C)C)c(F)c2)CC1. The number of likely N-dealkylation sites (N-methyl/N-ethyl adjacent to an activating group) is 1. The Hall–Kier alpha value is -1.09. The first-order valence-corrected chi connectivity index (χ1v) is 6.88. The summed E-state index contributed by atoms with van der Waals surface area (Å²) >= 11 is 0. The van der Waals surface area contributed by atoms with Crippen LogP contribution in [0, 0.1) is 5.82 Å². The van der Waals surface area contributed by atoms with Gasteiger partial charge in [0, 0.05) is 31.9 Å². The first-order valence-electron chi connectivity index (χ1n) is 6.88. The van der Waals surface area contributed by atoms with Crippen LogP contribution < -0.4 is 4.90 Å². The average Bonchev–Trinajstić information content (AvgIpc) is 2.38. The maximum atomic E-state index is 14.0. The molecule has 0 N–H and O–H groups in total. The van der Waals surface area contributed by atoms with E-state index in [-0.39, 0.29) is 11.7 Å². The molecule has 18 heavy (non-hydrogen) atoms. The lowest BCUT2D eigenvalue weighted by atomic mass is 10.0. The van der Waals surface area contributed by atoms with Crippen LogP contribution in [0.5, 0.6) is 0 Å². The van der Waals surface area contributed by atoms with Crippen LogP contribution in [0.15, 0.2) is 18.2 Å². The molecule has 0 unspecified atom stereocenters. The van der Waals surface area contributed by atoms with Gasteiger partial charge in [-0.15, -0.1) is 0 Å². The van der Waals surface area contributed by atoms with Gasteiger partial charge in [-0.1, -0.05) is 26.8 Å². The van der Waals surface area contributed by atoms with Gasteiger partial charge >= 0.3 is 0 Å². The van der Waals surface area contributed by atoms with Crippen LogP contribution in [0.3, 0.4) is 0 Å². The number of halogens is 1. The number of rotatable bonds is 3. The molecule has 1 aliphatic rings. The summed E-state index contributed by atoms with van der Waals surface area (Å²) in [5.74, 6) is 0.177. The molecule has 3 heteroatoms. The van der Waals surface area contributed by atoms with Crippen LogP contribution in [0.1, 0.15) is 32.3 Å². The molecule has 0 radical (unpaired) electrons. The van der Waals surface area contributed by atoms with Crippen molar-refractivity contribution < 1.29 is 4.39 Å². The molecule has 0 amide bonds. The summed E-state index contributed by atoms with van der Waals surface area (Å²) in [4.78, 5) is 4.70. The third-order valence-corrected chi connectivity index (χ3v) is 3.79. The number of hydrogen-bond donors (Lipinski definition) is 0. The minimum absolute atomic E-state index is 0.0691. The highest BCUT2D eigenvalue weighted by atomic mass is 19.1. The molecule has 1 heterocycles. The minimum atomic E-state index is -0.0691. The second kappa shape index (κ2) is 5.70. The third-order valence-electron chi connectivity index (χ3n) is 3.79. The second-order valence-electron chi connectivity index (χ2n) is 5.28. The molecule has 1 saturated heterocycles. The van der Waals surface area contributed by atoms with Gasteiger partial charge in [0.1, 0.15) is 5.82 Å². The van der Waals surface area contributed by atoms with E-state index in [1.54, 1.807) is 6.07 Å². The van der Waals surface area contributed by atoms with Gasteiger partial charge in [-0.2, -0.15) is 0 Å². The van der Waals surface area contributed by atoms with E-state index in [1.165, 1.54) is 0 Å². The standard InChI is InChI=1S/C15H23FN2/c1-4-17-7-9-18(10-8-17)13-5-6-14(12(2)3)15(16)11-13/h5-6,11-12H,4,7-10H2,1-3H3. The summed E-state index contributed by atoms with van der Waals surface area (Å²) in [5.41, 5.74) is 1.83. The molecule has 2 rings (SSSR count). The number of benzene rings is 1. The summed E-state index contributed by atoms with van der Waals surface area (Å²) < 4.78 is 14.0. The lowest BCUT2D eigenvalue weighted by molar-refractivity contribution is 0.271. The Labute approximate surface area is 109 Å². The van der Waals surface area contributed by atoms with Crippen molar-refractivity contribution in [3.8, 4) is 0 Å². The molecule has 0 spiro atoms. The minimum Gasteiger partial charge on any atom is -0.369 e. The van der Waals surface area contributed by atoms with Gasteiger partial charge < -0.3 is 9.80 Å². The Bertz CT molecular complexity index is 395. The fourth-order valence-electron chi connectivity index (χ4n) is 2.50. The molecule has 0 atom stereocenters. The van der Waals surface area contributed by atoms with Crippen LogP contribution in [-0.4, -0.2) is 37.6 Å². The Morgan fingerprint density at radius 2 is 1.83 bits per heavy atom. The van der Waals surface area contributed by atoms with Gasteiger partial charge in [-0.25, -0.2) is 4.39 Å². The Morgan fingerprint density at radius 3 is 2.33 bits per heavy atom. The highest BCUT2D eigenvalue weighted by Crippen LogP contribution is 2.24. The lowest BCUT2D eigenvalue weighted by Crippen LogP contribution is -2.46. The Balaban J connectivity index is 2.08. The van der Waals surface area contributed by atoms with Gasteiger partial charge in [0.2, 0.25) is 0 Å². The van der Waals surface area contributed by atoms with Crippen LogP contribution in [0.2, 0.25) is 0 Å². The van der Waals surface area contributed by atoms with E-state index in [9.17, 15) is 4.39 Å². The van der Waals surface area contributed by atoms with Crippen molar-refractivity contribution in [1.29, 1.82) is 0 Å². The summed E-state index contributed by atoms with van der Waals surface area (Å²) in [6.45, 7) is 11.5. The molecule has 0 bridgehead atoms. The van der Waals surface area contributed by atoms with Crippen LogP contribution in [-0.2, 0) is 0 Å². The first kappa shape index (κ1) is 13.3. The number of piperazine rings is 1. The highest BCUT2D eigenvalue weighted by molar-refractivity contribution is 5.49. The van der Waals surface area contributed by atoms with E-state index in [4.69, 9.17) is 0 Å². The zero-order chi connectivity index (χ0) is 13.1. The molecule has 1 aromatic carbocycles. The molecule has 2 nitrogen and oxygen atoms in total. The average molecular weight is 250 g/mol. The smallest absolute Gasteiger partial charge is 0.128 e. The van der Waals surface area contributed by atoms with Crippen molar-refractivity contribution in [3.63, 3.8) is 0 Å². The fraction of sp³-hybridized carbons (Fsp3) is 0.600. The molecule has 1 aromatic rings. The van der Waals surface area contributed by atoms with E-state index < -0.39 is 0 Å². The monoisotopic (exact) mass is 250 g/mol. The zero-order valence-electron chi connectivity index (χ0n) is 11.6. The summed E-state index contributed by atoms with van der Waals surface area (Å²) in [7, 11) is 0. The normalized spacial score (nSPS) is 17.5. The third kappa shape index (κ3) is 2.83. The molecular weight excluding hydrogens is 227 g/mol. The zero-order valence-corrected chi connectivity index (χ0v) is 11.6. The van der Waals surface area contributed by atoms with Crippen LogP contribution in [0.25, 0.3) is 0 Å². The van der Waals surface area contributed by atoms with E-state index in [0.717, 1.165) is 44.0 Å². The molecular formula is C15H23FN2. The quantitative estimate of drug-likeness (QED) is 0.813. The fourth-order valence-corrected chi connectivity index (χ4v) is 2.50. The van der Waals surface area contributed by atoms with Crippen LogP contribution >= 0.6 is 0 Å². The predicted molar refractivity (Wildman–Crippen MR) is 74.8 cm³/mol. The Kier molecular flexibility index (Phi) is 4.23. The van der Waals surface area contributed by atoms with Gasteiger partial charge in [0.25, 0.3) is 0 Å². The van der Waals surface area contributed by atoms with Crippen LogP contribution in [0.4, 0.5) is 10.1 Å².